The van der Waals surface area contributed by atoms with Gasteiger partial charge in [-0.25, -0.2) is 14.6 Å². The zero-order valence-electron chi connectivity index (χ0n) is 20.9. The van der Waals surface area contributed by atoms with E-state index in [1.54, 1.807) is 75.3 Å². The first-order valence-corrected chi connectivity index (χ1v) is 11.7. The maximum atomic E-state index is 13.0. The molecular formula is C27H24N6O5. The van der Waals surface area contributed by atoms with Crippen LogP contribution in [0.15, 0.2) is 73.3 Å². The zero-order valence-corrected chi connectivity index (χ0v) is 20.9. The highest BCUT2D eigenvalue weighted by molar-refractivity contribution is 6.04. The number of pyridine rings is 3. The fourth-order valence-electron chi connectivity index (χ4n) is 3.74. The number of fused-ring (bicyclic) bond motifs is 1. The van der Waals surface area contributed by atoms with E-state index < -0.39 is 5.91 Å². The average Bonchev–Trinajstić information content (AvgIpc) is 3.38. The van der Waals surface area contributed by atoms with E-state index in [1.165, 1.54) is 10.9 Å². The molecule has 0 fully saturated rings. The summed E-state index contributed by atoms with van der Waals surface area (Å²) in [4.78, 5) is 26.0. The van der Waals surface area contributed by atoms with Gasteiger partial charge in [0.25, 0.3) is 5.91 Å². The molecule has 1 N–H and O–H groups in total. The van der Waals surface area contributed by atoms with Gasteiger partial charge in [-0.3, -0.25) is 9.78 Å². The van der Waals surface area contributed by atoms with Crippen LogP contribution < -0.4 is 24.3 Å². The number of hydrogen-bond donors (Lipinski definition) is 1. The molecule has 0 aliphatic carbocycles. The molecule has 0 saturated heterocycles. The van der Waals surface area contributed by atoms with E-state index in [0.29, 0.717) is 52.5 Å². The topological polar surface area (TPSA) is 123 Å². The fraction of sp³-hybridized carbons (Fsp3) is 0.148. The standard InChI is InChI=1S/C27H24N6O5/c1-4-37-23-16-33(25-7-5-6-11-29-25)32-26(23)27(34)31-24-9-8-17(15-30-24)38-20-10-12-28-19-14-22(36-3)21(35-2)13-18(19)20/h5-16H,4H2,1-3H3,(H,30,31,34). The van der Waals surface area contributed by atoms with Crippen LogP contribution in [-0.2, 0) is 0 Å². The summed E-state index contributed by atoms with van der Waals surface area (Å²) in [6, 6.07) is 14.1. The minimum absolute atomic E-state index is 0.118. The molecule has 0 unspecified atom stereocenters. The van der Waals surface area contributed by atoms with Gasteiger partial charge in [0, 0.05) is 23.8 Å². The lowest BCUT2D eigenvalue weighted by atomic mass is 10.2. The third kappa shape index (κ3) is 5.03. The van der Waals surface area contributed by atoms with Gasteiger partial charge in [0.1, 0.15) is 17.3 Å². The Bertz CT molecular complexity index is 1570. The number of amides is 1. The molecule has 4 aromatic heterocycles. The summed E-state index contributed by atoms with van der Waals surface area (Å²) in [7, 11) is 3.14. The highest BCUT2D eigenvalue weighted by Crippen LogP contribution is 2.36. The summed E-state index contributed by atoms with van der Waals surface area (Å²) in [6.45, 7) is 2.21. The first kappa shape index (κ1) is 24.5. The van der Waals surface area contributed by atoms with Crippen LogP contribution in [0.3, 0.4) is 0 Å². The van der Waals surface area contributed by atoms with Crippen molar-refractivity contribution >= 4 is 22.6 Å². The molecule has 0 radical (unpaired) electrons. The molecule has 5 rings (SSSR count). The quantitative estimate of drug-likeness (QED) is 0.300. The number of benzene rings is 1. The molecule has 0 saturated carbocycles. The van der Waals surface area contributed by atoms with Crippen molar-refractivity contribution in [1.82, 2.24) is 24.7 Å². The van der Waals surface area contributed by atoms with Gasteiger partial charge in [-0.1, -0.05) is 6.07 Å². The normalized spacial score (nSPS) is 10.7. The van der Waals surface area contributed by atoms with Crippen LogP contribution in [-0.4, -0.2) is 51.5 Å². The van der Waals surface area contributed by atoms with Gasteiger partial charge in [0.2, 0.25) is 0 Å². The number of hydrogen-bond acceptors (Lipinski definition) is 9. The summed E-state index contributed by atoms with van der Waals surface area (Å²) in [5.41, 5.74) is 0.805. The van der Waals surface area contributed by atoms with Crippen molar-refractivity contribution in [2.24, 2.45) is 0 Å². The number of carbonyl (C=O) groups excluding carboxylic acids is 1. The Kier molecular flexibility index (Phi) is 6.98. The summed E-state index contributed by atoms with van der Waals surface area (Å²) < 4.78 is 23.9. The molecular weight excluding hydrogens is 488 g/mol. The van der Waals surface area contributed by atoms with Crippen molar-refractivity contribution in [3.05, 3.63) is 79.0 Å². The second-order valence-corrected chi connectivity index (χ2v) is 7.88. The number of carbonyl (C=O) groups is 1. The number of nitrogens with zero attached hydrogens (tertiary/aromatic N) is 5. The first-order chi connectivity index (χ1) is 18.6. The van der Waals surface area contributed by atoms with Crippen LogP contribution in [0.2, 0.25) is 0 Å². The Balaban J connectivity index is 1.34. The molecule has 1 aromatic carbocycles. The lowest BCUT2D eigenvalue weighted by molar-refractivity contribution is 0.101. The van der Waals surface area contributed by atoms with E-state index in [9.17, 15) is 4.79 Å². The summed E-state index contributed by atoms with van der Waals surface area (Å²) in [5.74, 6) is 2.93. The number of anilines is 1. The maximum Gasteiger partial charge on any atom is 0.281 e. The van der Waals surface area contributed by atoms with Crippen LogP contribution in [0, 0.1) is 0 Å². The van der Waals surface area contributed by atoms with E-state index >= 15 is 0 Å². The van der Waals surface area contributed by atoms with Crippen molar-refractivity contribution in [3.8, 4) is 34.6 Å². The molecule has 0 aliphatic heterocycles. The van der Waals surface area contributed by atoms with Crippen LogP contribution in [0.25, 0.3) is 16.7 Å². The highest BCUT2D eigenvalue weighted by atomic mass is 16.5. The van der Waals surface area contributed by atoms with Crippen molar-refractivity contribution in [1.29, 1.82) is 0 Å². The Labute approximate surface area is 218 Å². The SMILES string of the molecule is CCOc1cn(-c2ccccn2)nc1C(=O)Nc1ccc(Oc2ccnc3cc(OC)c(OC)cc23)cn1. The lowest BCUT2D eigenvalue weighted by Gasteiger charge is -2.12. The molecule has 5 aromatic rings. The lowest BCUT2D eigenvalue weighted by Crippen LogP contribution is -2.15. The maximum absolute atomic E-state index is 13.0. The Morgan fingerprint density at radius 3 is 2.47 bits per heavy atom. The van der Waals surface area contributed by atoms with Gasteiger partial charge in [-0.05, 0) is 43.3 Å². The number of methoxy groups -OCH3 is 2. The van der Waals surface area contributed by atoms with E-state index in [0.717, 1.165) is 5.39 Å². The van der Waals surface area contributed by atoms with Crippen molar-refractivity contribution in [3.63, 3.8) is 0 Å². The third-order valence-electron chi connectivity index (χ3n) is 5.49. The number of ether oxygens (including phenoxy) is 4. The van der Waals surface area contributed by atoms with Crippen LogP contribution in [0.5, 0.6) is 28.7 Å². The molecule has 0 spiro atoms. The smallest absolute Gasteiger partial charge is 0.281 e. The molecule has 1 amide bonds. The molecule has 192 valence electrons. The summed E-state index contributed by atoms with van der Waals surface area (Å²) >= 11 is 0. The molecule has 0 atom stereocenters. The first-order valence-electron chi connectivity index (χ1n) is 11.7. The van der Waals surface area contributed by atoms with Gasteiger partial charge in [0.05, 0.1) is 38.7 Å². The van der Waals surface area contributed by atoms with Gasteiger partial charge >= 0.3 is 0 Å². The fourth-order valence-corrected chi connectivity index (χ4v) is 3.74. The predicted molar refractivity (Wildman–Crippen MR) is 140 cm³/mol. The van der Waals surface area contributed by atoms with Crippen molar-refractivity contribution in [2.45, 2.75) is 6.92 Å². The predicted octanol–water partition coefficient (Wildman–Crippen LogP) is 4.67. The Hall–Kier alpha value is -5.19. The Morgan fingerprint density at radius 2 is 1.76 bits per heavy atom. The van der Waals surface area contributed by atoms with E-state index in [4.69, 9.17) is 18.9 Å². The molecule has 38 heavy (non-hydrogen) atoms. The van der Waals surface area contributed by atoms with Crippen LogP contribution in [0.1, 0.15) is 17.4 Å². The molecule has 11 heteroatoms. The van der Waals surface area contributed by atoms with Crippen molar-refractivity contribution < 1.29 is 23.7 Å². The molecule has 4 heterocycles. The van der Waals surface area contributed by atoms with Crippen molar-refractivity contribution in [2.75, 3.05) is 26.1 Å². The average molecular weight is 513 g/mol. The number of rotatable bonds is 9. The summed E-state index contributed by atoms with van der Waals surface area (Å²) in [5, 5.41) is 7.86. The molecule has 0 bridgehead atoms. The van der Waals surface area contributed by atoms with Gasteiger partial charge in [-0.15, -0.1) is 0 Å². The zero-order chi connectivity index (χ0) is 26.5. The van der Waals surface area contributed by atoms with Crippen LogP contribution >= 0.6 is 0 Å². The monoisotopic (exact) mass is 512 g/mol. The van der Waals surface area contributed by atoms with Gasteiger partial charge in [0.15, 0.2) is 28.8 Å². The van der Waals surface area contributed by atoms with Gasteiger partial charge < -0.3 is 24.3 Å². The molecule has 0 aliphatic rings. The van der Waals surface area contributed by atoms with E-state index in [2.05, 4.69) is 25.4 Å². The second kappa shape index (κ2) is 10.8. The highest BCUT2D eigenvalue weighted by Gasteiger charge is 2.20. The number of nitrogens with one attached hydrogen (secondary N) is 1. The number of aromatic nitrogens is 5. The van der Waals surface area contributed by atoms with E-state index in [1.807, 2.05) is 13.0 Å². The molecule has 11 nitrogen and oxygen atoms in total. The third-order valence-corrected chi connectivity index (χ3v) is 5.49. The second-order valence-electron chi connectivity index (χ2n) is 7.88. The summed E-state index contributed by atoms with van der Waals surface area (Å²) in [6.07, 6.45) is 6.42. The minimum Gasteiger partial charge on any atom is -0.493 e. The van der Waals surface area contributed by atoms with Gasteiger partial charge in [-0.2, -0.15) is 5.10 Å². The minimum atomic E-state index is -0.467. The largest absolute Gasteiger partial charge is 0.493 e. The van der Waals surface area contributed by atoms with Crippen LogP contribution in [0.4, 0.5) is 5.82 Å². The van der Waals surface area contributed by atoms with E-state index in [-0.39, 0.29) is 5.69 Å². The Morgan fingerprint density at radius 1 is 0.921 bits per heavy atom.